The molecule has 5 nitrogen and oxygen atoms in total. The van der Waals surface area contributed by atoms with Crippen LogP contribution >= 0.6 is 11.6 Å². The van der Waals surface area contributed by atoms with Crippen molar-refractivity contribution in [1.82, 2.24) is 4.57 Å². The van der Waals surface area contributed by atoms with E-state index in [2.05, 4.69) is 11.5 Å². The molecule has 5 rings (SSSR count). The molecule has 0 aliphatic carbocycles. The highest BCUT2D eigenvalue weighted by Gasteiger charge is 2.30. The van der Waals surface area contributed by atoms with Crippen LogP contribution in [0.2, 0.25) is 5.02 Å². The number of carbonyl (C=O) groups is 1. The topological polar surface area (TPSA) is 49.7 Å². The Hall–Kier alpha value is -3.70. The smallest absolute Gasteiger partial charge is 0.231 e. The lowest BCUT2D eigenvalue weighted by Crippen LogP contribution is -1.99. The average molecular weight is 474 g/mol. The maximum atomic E-state index is 13.1. The molecule has 172 valence electrons. The van der Waals surface area contributed by atoms with Gasteiger partial charge in [0.05, 0.1) is 12.7 Å². The Morgan fingerprint density at radius 2 is 1.94 bits per heavy atom. The number of nitrogens with zero attached hydrogens (tertiary/aromatic N) is 1. The third-order valence-electron chi connectivity index (χ3n) is 6.12. The molecule has 1 aromatic heterocycles. The van der Waals surface area contributed by atoms with Crippen LogP contribution in [0.15, 0.2) is 66.6 Å². The van der Waals surface area contributed by atoms with Gasteiger partial charge >= 0.3 is 0 Å². The Balaban J connectivity index is 1.46. The van der Waals surface area contributed by atoms with Gasteiger partial charge in [0.15, 0.2) is 5.76 Å². The highest BCUT2D eigenvalue weighted by atomic mass is 35.5. The lowest BCUT2D eigenvalue weighted by Gasteiger charge is -2.12. The van der Waals surface area contributed by atoms with Crippen LogP contribution in [0.25, 0.3) is 17.0 Å². The summed E-state index contributed by atoms with van der Waals surface area (Å²) in [5.74, 6) is 2.10. The number of aromatic nitrogens is 1. The molecule has 2 heterocycles. The number of methoxy groups -OCH3 is 1. The second-order valence-corrected chi connectivity index (χ2v) is 8.55. The lowest BCUT2D eigenvalue weighted by atomic mass is 10.1. The fourth-order valence-corrected chi connectivity index (χ4v) is 4.43. The van der Waals surface area contributed by atoms with Crippen LogP contribution in [-0.2, 0) is 13.2 Å². The number of ether oxygens (including phenoxy) is 3. The van der Waals surface area contributed by atoms with E-state index in [4.69, 9.17) is 25.8 Å². The van der Waals surface area contributed by atoms with Gasteiger partial charge in [-0.05, 0) is 56.3 Å². The first kappa shape index (κ1) is 22.1. The number of hydrogen-bond donors (Lipinski definition) is 0. The molecule has 34 heavy (non-hydrogen) atoms. The zero-order valence-electron chi connectivity index (χ0n) is 19.2. The number of carbonyl (C=O) groups excluding carboxylic acids is 1. The van der Waals surface area contributed by atoms with Crippen LogP contribution in [0.1, 0.15) is 34.0 Å². The van der Waals surface area contributed by atoms with E-state index in [0.717, 1.165) is 39.9 Å². The number of allylic oxidation sites excluding steroid dienone is 1. The van der Waals surface area contributed by atoms with Crippen molar-refractivity contribution < 1.29 is 19.0 Å². The van der Waals surface area contributed by atoms with Crippen molar-refractivity contribution in [2.75, 3.05) is 7.11 Å². The fraction of sp³-hybridized carbons (Fsp3) is 0.179. The molecule has 1 aliphatic heterocycles. The Labute approximate surface area is 203 Å². The van der Waals surface area contributed by atoms with Crippen molar-refractivity contribution in [3.8, 4) is 17.2 Å². The number of aryl methyl sites for hydroxylation is 1. The van der Waals surface area contributed by atoms with E-state index >= 15 is 0 Å². The number of halogens is 1. The van der Waals surface area contributed by atoms with Crippen molar-refractivity contribution in [1.29, 1.82) is 0 Å². The predicted molar refractivity (Wildman–Crippen MR) is 134 cm³/mol. The minimum atomic E-state index is -0.143. The molecule has 0 bridgehead atoms. The summed E-state index contributed by atoms with van der Waals surface area (Å²) in [6.07, 6.45) is 3.84. The molecule has 0 saturated carbocycles. The summed E-state index contributed by atoms with van der Waals surface area (Å²) in [6.45, 7) is 5.12. The zero-order valence-corrected chi connectivity index (χ0v) is 20.0. The molecule has 0 unspecified atom stereocenters. The highest BCUT2D eigenvalue weighted by Crippen LogP contribution is 2.40. The van der Waals surface area contributed by atoms with E-state index in [1.807, 2.05) is 61.7 Å². The van der Waals surface area contributed by atoms with Gasteiger partial charge in [-0.1, -0.05) is 29.8 Å². The molecule has 0 fully saturated rings. The standard InChI is InChI=1S/C28H24ClNO4/c1-4-30-15-19(22-14-20(32-3)9-11-24(22)30)13-26-27(31)21-10-12-25(17(2)28(21)34-26)33-16-18-7-5-6-8-23(18)29/h5-15H,4,16H2,1-3H3/b26-13+. The molecule has 0 saturated heterocycles. The molecular weight excluding hydrogens is 450 g/mol. The van der Waals surface area contributed by atoms with Gasteiger partial charge in [0, 0.05) is 45.4 Å². The normalized spacial score (nSPS) is 13.9. The van der Waals surface area contributed by atoms with E-state index < -0.39 is 0 Å². The van der Waals surface area contributed by atoms with Crippen molar-refractivity contribution in [2.45, 2.75) is 27.0 Å². The van der Waals surface area contributed by atoms with Gasteiger partial charge in [-0.15, -0.1) is 0 Å². The quantitative estimate of drug-likeness (QED) is 0.288. The highest BCUT2D eigenvalue weighted by molar-refractivity contribution is 6.31. The maximum Gasteiger partial charge on any atom is 0.231 e. The first-order valence-electron chi connectivity index (χ1n) is 11.1. The van der Waals surface area contributed by atoms with Crippen molar-refractivity contribution in [3.05, 3.63) is 93.8 Å². The lowest BCUT2D eigenvalue weighted by molar-refractivity contribution is 0.101. The maximum absolute atomic E-state index is 13.1. The minimum Gasteiger partial charge on any atom is -0.497 e. The number of hydrogen-bond acceptors (Lipinski definition) is 4. The van der Waals surface area contributed by atoms with Crippen LogP contribution in [0, 0.1) is 6.92 Å². The molecule has 4 aromatic rings. The van der Waals surface area contributed by atoms with Crippen molar-refractivity contribution in [3.63, 3.8) is 0 Å². The van der Waals surface area contributed by atoms with Gasteiger partial charge in [0.25, 0.3) is 0 Å². The van der Waals surface area contributed by atoms with Gasteiger partial charge < -0.3 is 18.8 Å². The summed E-state index contributed by atoms with van der Waals surface area (Å²) >= 11 is 6.25. The molecule has 3 aromatic carbocycles. The summed E-state index contributed by atoms with van der Waals surface area (Å²) < 4.78 is 19.6. The minimum absolute atomic E-state index is 0.143. The van der Waals surface area contributed by atoms with Crippen molar-refractivity contribution in [2.24, 2.45) is 0 Å². The van der Waals surface area contributed by atoms with Gasteiger partial charge in [-0.3, -0.25) is 4.79 Å². The molecule has 6 heteroatoms. The summed E-state index contributed by atoms with van der Waals surface area (Å²) in [7, 11) is 1.64. The average Bonchev–Trinajstić information content (AvgIpc) is 3.37. The Morgan fingerprint density at radius 3 is 2.71 bits per heavy atom. The second kappa shape index (κ2) is 8.92. The Morgan fingerprint density at radius 1 is 1.12 bits per heavy atom. The number of ketones is 1. The predicted octanol–water partition coefficient (Wildman–Crippen LogP) is 6.83. The second-order valence-electron chi connectivity index (χ2n) is 8.14. The largest absolute Gasteiger partial charge is 0.497 e. The summed E-state index contributed by atoms with van der Waals surface area (Å²) in [5, 5.41) is 1.65. The number of fused-ring (bicyclic) bond motifs is 2. The molecule has 0 radical (unpaired) electrons. The molecule has 1 aliphatic rings. The van der Waals surface area contributed by atoms with E-state index in [1.54, 1.807) is 19.3 Å². The summed E-state index contributed by atoms with van der Waals surface area (Å²) in [4.78, 5) is 13.1. The third-order valence-corrected chi connectivity index (χ3v) is 6.49. The molecular formula is C28H24ClNO4. The van der Waals surface area contributed by atoms with Gasteiger partial charge in [-0.2, -0.15) is 0 Å². The Bertz CT molecular complexity index is 1450. The molecule has 0 atom stereocenters. The van der Waals surface area contributed by atoms with E-state index in [1.165, 1.54) is 0 Å². The number of rotatable bonds is 6. The van der Waals surface area contributed by atoms with Crippen LogP contribution < -0.4 is 14.2 Å². The van der Waals surface area contributed by atoms with E-state index in [9.17, 15) is 4.79 Å². The van der Waals surface area contributed by atoms with Crippen LogP contribution in [0.4, 0.5) is 0 Å². The monoisotopic (exact) mass is 473 g/mol. The molecule has 0 amide bonds. The van der Waals surface area contributed by atoms with Crippen LogP contribution in [0.3, 0.4) is 0 Å². The van der Waals surface area contributed by atoms with Gasteiger partial charge in [0.1, 0.15) is 23.9 Å². The Kier molecular flexibility index (Phi) is 5.80. The van der Waals surface area contributed by atoms with E-state index in [-0.39, 0.29) is 5.78 Å². The fourth-order valence-electron chi connectivity index (χ4n) is 4.24. The molecule has 0 spiro atoms. The number of benzene rings is 3. The first-order chi connectivity index (χ1) is 16.5. The SMILES string of the molecule is CCn1cc(/C=C2/Oc3c(ccc(OCc4ccccc4Cl)c3C)C2=O)c2cc(OC)ccc21. The van der Waals surface area contributed by atoms with Gasteiger partial charge in [0.2, 0.25) is 5.78 Å². The van der Waals surface area contributed by atoms with Gasteiger partial charge in [-0.25, -0.2) is 0 Å². The third kappa shape index (κ3) is 3.82. The van der Waals surface area contributed by atoms with E-state index in [0.29, 0.717) is 34.5 Å². The summed E-state index contributed by atoms with van der Waals surface area (Å²) in [5.41, 5.74) is 4.18. The zero-order chi connectivity index (χ0) is 23.8. The van der Waals surface area contributed by atoms with Crippen LogP contribution in [-0.4, -0.2) is 17.5 Å². The molecule has 0 N–H and O–H groups in total. The summed E-state index contributed by atoms with van der Waals surface area (Å²) in [6, 6.07) is 17.1. The van der Waals surface area contributed by atoms with Crippen molar-refractivity contribution >= 4 is 34.4 Å². The number of Topliss-reactive ketones (excluding diaryl/α,β-unsaturated/α-hetero) is 1. The van der Waals surface area contributed by atoms with Crippen LogP contribution in [0.5, 0.6) is 17.2 Å². The first-order valence-corrected chi connectivity index (χ1v) is 11.5.